The van der Waals surface area contributed by atoms with E-state index < -0.39 is 8.07 Å². The van der Waals surface area contributed by atoms with Crippen LogP contribution < -0.4 is 0 Å². The highest BCUT2D eigenvalue weighted by atomic mass is 28.3. The van der Waals surface area contributed by atoms with Crippen molar-refractivity contribution in [2.75, 3.05) is 0 Å². The molecule has 0 atom stereocenters. The van der Waals surface area contributed by atoms with E-state index in [-0.39, 0.29) is 0 Å². The van der Waals surface area contributed by atoms with Crippen LogP contribution in [0.25, 0.3) is 65.6 Å². The number of rotatable bonds is 6. The molecular formula is C48H36N2Si. The van der Waals surface area contributed by atoms with Gasteiger partial charge in [0.15, 0.2) is 0 Å². The molecule has 6 aromatic carbocycles. The molecule has 2 nitrogen and oxygen atoms in total. The molecule has 0 unspecified atom stereocenters. The number of hydrogen-bond acceptors (Lipinski definition) is 2. The lowest BCUT2D eigenvalue weighted by atomic mass is 9.89. The van der Waals surface area contributed by atoms with Gasteiger partial charge in [-0.25, -0.2) is 0 Å². The fourth-order valence-corrected chi connectivity index (χ4v) is 11.9. The first-order chi connectivity index (χ1) is 25.1. The minimum atomic E-state index is -2.37. The molecule has 0 saturated carbocycles. The molecule has 0 bridgehead atoms. The topological polar surface area (TPSA) is 25.8 Å². The van der Waals surface area contributed by atoms with Crippen molar-refractivity contribution in [3.63, 3.8) is 0 Å². The molecule has 242 valence electrons. The summed E-state index contributed by atoms with van der Waals surface area (Å²) in [5.74, 6) is 0. The molecule has 0 spiro atoms. The molecule has 51 heavy (non-hydrogen) atoms. The zero-order valence-electron chi connectivity index (χ0n) is 28.7. The van der Waals surface area contributed by atoms with Gasteiger partial charge in [0.1, 0.15) is 8.07 Å². The maximum atomic E-state index is 5.16. The molecule has 0 N–H and O–H groups in total. The number of benzene rings is 6. The van der Waals surface area contributed by atoms with Crippen LogP contribution >= 0.6 is 0 Å². The van der Waals surface area contributed by atoms with Gasteiger partial charge >= 0.3 is 0 Å². The SMILES string of the molecule is C[Si]1(C)C(c2ccc(-c3cccc4ccccc34)nc2)=C(c2ccccc2)C(c2ccccc2)=C1c1ccc(-c2cccc3ccccc23)nc1. The van der Waals surface area contributed by atoms with Crippen LogP contribution in [0.15, 0.2) is 182 Å². The highest BCUT2D eigenvalue weighted by molar-refractivity contribution is 7.13. The van der Waals surface area contributed by atoms with E-state index in [2.05, 4.69) is 195 Å². The monoisotopic (exact) mass is 668 g/mol. The summed E-state index contributed by atoms with van der Waals surface area (Å²) in [5, 5.41) is 7.68. The number of aromatic nitrogens is 2. The Kier molecular flexibility index (Phi) is 7.64. The van der Waals surface area contributed by atoms with Gasteiger partial charge in [-0.3, -0.25) is 9.97 Å². The van der Waals surface area contributed by atoms with E-state index in [9.17, 15) is 0 Å². The van der Waals surface area contributed by atoms with Gasteiger partial charge in [-0.15, -0.1) is 0 Å². The van der Waals surface area contributed by atoms with E-state index in [1.807, 2.05) is 0 Å². The van der Waals surface area contributed by atoms with Crippen LogP contribution in [-0.2, 0) is 0 Å². The summed E-state index contributed by atoms with van der Waals surface area (Å²) >= 11 is 0. The Labute approximate surface area is 300 Å². The minimum absolute atomic E-state index is 0.986. The normalized spacial score (nSPS) is 14.1. The lowest BCUT2D eigenvalue weighted by Crippen LogP contribution is -2.28. The molecule has 0 amide bonds. The van der Waals surface area contributed by atoms with Crippen molar-refractivity contribution < 1.29 is 0 Å². The van der Waals surface area contributed by atoms with Crippen molar-refractivity contribution in [1.29, 1.82) is 0 Å². The number of allylic oxidation sites excluding steroid dienone is 2. The summed E-state index contributed by atoms with van der Waals surface area (Å²) in [4.78, 5) is 10.3. The van der Waals surface area contributed by atoms with Gasteiger partial charge < -0.3 is 0 Å². The van der Waals surface area contributed by atoms with Crippen LogP contribution in [0, 0.1) is 0 Å². The lowest BCUT2D eigenvalue weighted by Gasteiger charge is -2.26. The summed E-state index contributed by atoms with van der Waals surface area (Å²) in [6.07, 6.45) is 4.22. The van der Waals surface area contributed by atoms with Crippen molar-refractivity contribution >= 4 is 51.2 Å². The van der Waals surface area contributed by atoms with Crippen LogP contribution in [0.2, 0.25) is 13.1 Å². The van der Waals surface area contributed by atoms with Crippen LogP contribution in [0.3, 0.4) is 0 Å². The molecule has 8 aromatic rings. The van der Waals surface area contributed by atoms with Gasteiger partial charge in [0.25, 0.3) is 0 Å². The van der Waals surface area contributed by atoms with Gasteiger partial charge in [0.2, 0.25) is 0 Å². The highest BCUT2D eigenvalue weighted by Crippen LogP contribution is 2.55. The predicted octanol–water partition coefficient (Wildman–Crippen LogP) is 12.4. The van der Waals surface area contributed by atoms with E-state index >= 15 is 0 Å². The fourth-order valence-electron chi connectivity index (χ4n) is 8.10. The molecule has 9 rings (SSSR count). The van der Waals surface area contributed by atoms with E-state index in [1.54, 1.807) is 0 Å². The van der Waals surface area contributed by atoms with Gasteiger partial charge in [-0.1, -0.05) is 171 Å². The largest absolute Gasteiger partial charge is 0.256 e. The second kappa shape index (κ2) is 12.6. The van der Waals surface area contributed by atoms with Gasteiger partial charge in [0, 0.05) is 23.5 Å². The van der Waals surface area contributed by atoms with Crippen LogP contribution in [-0.4, -0.2) is 18.0 Å². The van der Waals surface area contributed by atoms with E-state index in [1.165, 1.54) is 65.3 Å². The first-order valence-electron chi connectivity index (χ1n) is 17.6. The second-order valence-electron chi connectivity index (χ2n) is 13.8. The zero-order valence-corrected chi connectivity index (χ0v) is 29.7. The molecule has 0 saturated heterocycles. The molecule has 3 heterocycles. The third kappa shape index (κ3) is 5.34. The Bertz CT molecular complexity index is 2420. The lowest BCUT2D eigenvalue weighted by molar-refractivity contribution is 1.31. The summed E-state index contributed by atoms with van der Waals surface area (Å²) < 4.78 is 0. The van der Waals surface area contributed by atoms with Crippen LogP contribution in [0.1, 0.15) is 22.3 Å². The Balaban J connectivity index is 1.23. The maximum absolute atomic E-state index is 5.16. The van der Waals surface area contributed by atoms with E-state index in [4.69, 9.17) is 9.97 Å². The average molecular weight is 669 g/mol. The summed E-state index contributed by atoms with van der Waals surface area (Å²) in [6.45, 7) is 4.99. The molecule has 1 aliphatic heterocycles. The molecule has 3 heteroatoms. The summed E-state index contributed by atoms with van der Waals surface area (Å²) in [5.41, 5.74) is 11.7. The Hall–Kier alpha value is -6.16. The second-order valence-corrected chi connectivity index (χ2v) is 18.0. The Morgan fingerprint density at radius 3 is 1.16 bits per heavy atom. The minimum Gasteiger partial charge on any atom is -0.256 e. The average Bonchev–Trinajstić information content (AvgIpc) is 3.45. The highest BCUT2D eigenvalue weighted by Gasteiger charge is 2.44. The molecule has 1 aliphatic rings. The first-order valence-corrected chi connectivity index (χ1v) is 20.6. The number of pyridine rings is 2. The quantitative estimate of drug-likeness (QED) is 0.165. The summed E-state index contributed by atoms with van der Waals surface area (Å²) in [6, 6.07) is 60.9. The van der Waals surface area contributed by atoms with Gasteiger partial charge in [-0.2, -0.15) is 0 Å². The van der Waals surface area contributed by atoms with Crippen molar-refractivity contribution in [2.24, 2.45) is 0 Å². The van der Waals surface area contributed by atoms with Crippen LogP contribution in [0.5, 0.6) is 0 Å². The maximum Gasteiger partial charge on any atom is 0.115 e. The number of nitrogens with zero attached hydrogens (tertiary/aromatic N) is 2. The van der Waals surface area contributed by atoms with Crippen molar-refractivity contribution in [3.8, 4) is 22.5 Å². The Morgan fingerprint density at radius 1 is 0.353 bits per heavy atom. The van der Waals surface area contributed by atoms with Crippen molar-refractivity contribution in [2.45, 2.75) is 13.1 Å². The zero-order chi connectivity index (χ0) is 34.4. The fraction of sp³-hybridized carbons (Fsp3) is 0.0417. The molecule has 0 fully saturated rings. The summed E-state index contributed by atoms with van der Waals surface area (Å²) in [7, 11) is -2.37. The van der Waals surface area contributed by atoms with Gasteiger partial charge in [0.05, 0.1) is 11.4 Å². The number of hydrogen-bond donors (Lipinski definition) is 0. The van der Waals surface area contributed by atoms with Crippen LogP contribution in [0.4, 0.5) is 0 Å². The molecule has 2 aromatic heterocycles. The third-order valence-corrected chi connectivity index (χ3v) is 13.9. The first kappa shape index (κ1) is 30.9. The smallest absolute Gasteiger partial charge is 0.115 e. The predicted molar refractivity (Wildman–Crippen MR) is 218 cm³/mol. The Morgan fingerprint density at radius 2 is 0.745 bits per heavy atom. The van der Waals surface area contributed by atoms with Crippen molar-refractivity contribution in [1.82, 2.24) is 9.97 Å². The van der Waals surface area contributed by atoms with E-state index in [0.717, 1.165) is 22.5 Å². The van der Waals surface area contributed by atoms with Crippen molar-refractivity contribution in [3.05, 3.63) is 205 Å². The molecule has 0 radical (unpaired) electrons. The molecular weight excluding hydrogens is 633 g/mol. The van der Waals surface area contributed by atoms with Gasteiger partial charge in [-0.05, 0) is 77.5 Å². The van der Waals surface area contributed by atoms with E-state index in [0.29, 0.717) is 0 Å². The third-order valence-electron chi connectivity index (χ3n) is 10.4. The number of fused-ring (bicyclic) bond motifs is 2. The molecule has 0 aliphatic carbocycles. The standard InChI is InChI=1S/C48H36N2Si/c1-51(2)47(37-27-29-43(49-31-37)41-25-13-21-33-15-9-11-23-39(33)41)45(35-17-5-3-6-18-35)46(36-19-7-4-8-20-36)48(51)38-28-30-44(50-32-38)42-26-14-22-34-16-10-12-24-40(34)42/h3-32H,1-2H3.